The average Bonchev–Trinajstić information content (AvgIpc) is 2.88. The molecule has 0 bridgehead atoms. The van der Waals surface area contributed by atoms with Gasteiger partial charge in [0.25, 0.3) is 0 Å². The van der Waals surface area contributed by atoms with Gasteiger partial charge in [0.05, 0.1) is 23.7 Å². The van der Waals surface area contributed by atoms with Crippen molar-refractivity contribution < 1.29 is 28.7 Å². The molecule has 0 aromatic carbocycles. The first-order valence-electron chi connectivity index (χ1n) is 7.68. The molecule has 6 nitrogen and oxygen atoms in total. The minimum Gasteiger partial charge on any atom is -0.393 e. The summed E-state index contributed by atoms with van der Waals surface area (Å²) in [6.45, 7) is 7.66. The van der Waals surface area contributed by atoms with Gasteiger partial charge in [-0.2, -0.15) is 0 Å². The highest BCUT2D eigenvalue weighted by molar-refractivity contribution is 6.01. The summed E-state index contributed by atoms with van der Waals surface area (Å²) in [5.41, 5.74) is -1.10. The van der Waals surface area contributed by atoms with Crippen molar-refractivity contribution in [3.05, 3.63) is 0 Å². The van der Waals surface area contributed by atoms with Crippen molar-refractivity contribution in [3.8, 4) is 0 Å². The van der Waals surface area contributed by atoms with Gasteiger partial charge in [0, 0.05) is 0 Å². The van der Waals surface area contributed by atoms with Gasteiger partial charge in [-0.05, 0) is 22.7 Å². The summed E-state index contributed by atoms with van der Waals surface area (Å²) in [5.74, 6) is -4.56. The highest BCUT2D eigenvalue weighted by atomic mass is 16.6. The topological polar surface area (TPSA) is 86.7 Å². The van der Waals surface area contributed by atoms with E-state index in [1.165, 1.54) is 0 Å². The maximum absolute atomic E-state index is 12.1. The van der Waals surface area contributed by atoms with Crippen LogP contribution in [0.25, 0.3) is 0 Å². The zero-order valence-corrected chi connectivity index (χ0v) is 12.9. The Hall–Kier alpha value is -1.72. The zero-order valence-electron chi connectivity index (χ0n) is 12.9. The van der Waals surface area contributed by atoms with Crippen LogP contribution in [-0.4, -0.2) is 23.9 Å². The SMILES string of the molecule is C[C@@H]1[C@@H]2C(=O)OC(=O)[C@@H]2[C@H](C)[C@@]2(C)[C@@H]3C(=O)OC(=O)[C@@H]3[C@@]12C. The number of cyclic esters (lactones) is 4. The molecular weight excluding hydrogens is 288 g/mol. The van der Waals surface area contributed by atoms with Gasteiger partial charge in [-0.25, -0.2) is 0 Å². The fourth-order valence-electron chi connectivity index (χ4n) is 6.11. The van der Waals surface area contributed by atoms with Crippen molar-refractivity contribution in [1.82, 2.24) is 0 Å². The van der Waals surface area contributed by atoms with Crippen LogP contribution >= 0.6 is 0 Å². The van der Waals surface area contributed by atoms with E-state index in [0.717, 1.165) is 0 Å². The minimum absolute atomic E-state index is 0.225. The molecule has 2 saturated carbocycles. The van der Waals surface area contributed by atoms with E-state index in [1.54, 1.807) is 0 Å². The van der Waals surface area contributed by atoms with E-state index < -0.39 is 58.4 Å². The monoisotopic (exact) mass is 306 g/mol. The Labute approximate surface area is 127 Å². The molecule has 0 aromatic rings. The van der Waals surface area contributed by atoms with Gasteiger partial charge in [-0.15, -0.1) is 0 Å². The normalized spacial score (nSPS) is 55.8. The maximum atomic E-state index is 12.1. The van der Waals surface area contributed by atoms with Crippen molar-refractivity contribution in [2.24, 2.45) is 46.3 Å². The van der Waals surface area contributed by atoms with Crippen LogP contribution in [0.5, 0.6) is 0 Å². The molecule has 4 fully saturated rings. The highest BCUT2D eigenvalue weighted by Crippen LogP contribution is 2.78. The predicted octanol–water partition coefficient (Wildman–Crippen LogP) is 0.930. The fourth-order valence-corrected chi connectivity index (χ4v) is 6.11. The number of ether oxygens (including phenoxy) is 2. The van der Waals surface area contributed by atoms with Crippen molar-refractivity contribution in [2.75, 3.05) is 0 Å². The lowest BCUT2D eigenvalue weighted by Gasteiger charge is -2.71. The van der Waals surface area contributed by atoms with Gasteiger partial charge in [-0.1, -0.05) is 27.7 Å². The fraction of sp³-hybridized carbons (Fsp3) is 0.750. The summed E-state index contributed by atoms with van der Waals surface area (Å²) < 4.78 is 9.72. The number of fused-ring (bicyclic) bond motifs is 5. The molecule has 2 aliphatic carbocycles. The molecular formula is C16H18O6. The smallest absolute Gasteiger partial charge is 0.318 e. The second-order valence-electron chi connectivity index (χ2n) is 7.63. The predicted molar refractivity (Wildman–Crippen MR) is 70.7 cm³/mol. The highest BCUT2D eigenvalue weighted by Gasteiger charge is 2.83. The quantitative estimate of drug-likeness (QED) is 0.489. The molecule has 6 heteroatoms. The van der Waals surface area contributed by atoms with Crippen LogP contribution in [0.2, 0.25) is 0 Å². The summed E-state index contributed by atoms with van der Waals surface area (Å²) in [6.07, 6.45) is 0. The van der Waals surface area contributed by atoms with Crippen molar-refractivity contribution >= 4 is 23.9 Å². The third-order valence-corrected chi connectivity index (χ3v) is 7.60. The number of hydrogen-bond acceptors (Lipinski definition) is 6. The number of carbonyl (C=O) groups excluding carboxylic acids is 4. The Morgan fingerprint density at radius 1 is 0.682 bits per heavy atom. The molecule has 22 heavy (non-hydrogen) atoms. The summed E-state index contributed by atoms with van der Waals surface area (Å²) in [5, 5.41) is 0. The van der Waals surface area contributed by atoms with E-state index in [2.05, 4.69) is 0 Å². The summed E-state index contributed by atoms with van der Waals surface area (Å²) in [7, 11) is 0. The van der Waals surface area contributed by atoms with E-state index in [1.807, 2.05) is 27.7 Å². The molecule has 4 rings (SSSR count). The third kappa shape index (κ3) is 1.07. The first-order valence-corrected chi connectivity index (χ1v) is 7.68. The van der Waals surface area contributed by atoms with E-state index in [9.17, 15) is 19.2 Å². The van der Waals surface area contributed by atoms with Crippen LogP contribution in [0.3, 0.4) is 0 Å². The van der Waals surface area contributed by atoms with E-state index in [0.29, 0.717) is 0 Å². The van der Waals surface area contributed by atoms with Crippen LogP contribution in [0.1, 0.15) is 27.7 Å². The Bertz CT molecular complexity index is 569. The largest absolute Gasteiger partial charge is 0.393 e. The molecule has 0 unspecified atom stereocenters. The Morgan fingerprint density at radius 2 is 1.00 bits per heavy atom. The van der Waals surface area contributed by atoms with Crippen LogP contribution < -0.4 is 0 Å². The van der Waals surface area contributed by atoms with Crippen LogP contribution in [-0.2, 0) is 28.7 Å². The summed E-state index contributed by atoms with van der Waals surface area (Å²) >= 11 is 0. The minimum atomic E-state index is -0.550. The number of esters is 4. The van der Waals surface area contributed by atoms with Crippen molar-refractivity contribution in [1.29, 1.82) is 0 Å². The lowest BCUT2D eigenvalue weighted by atomic mass is 9.29. The maximum Gasteiger partial charge on any atom is 0.318 e. The van der Waals surface area contributed by atoms with Crippen molar-refractivity contribution in [3.63, 3.8) is 0 Å². The Balaban J connectivity index is 1.90. The molecule has 0 spiro atoms. The summed E-state index contributed by atoms with van der Waals surface area (Å²) in [4.78, 5) is 48.4. The van der Waals surface area contributed by atoms with Crippen LogP contribution in [0, 0.1) is 46.3 Å². The molecule has 2 aliphatic heterocycles. The van der Waals surface area contributed by atoms with Gasteiger partial charge < -0.3 is 9.47 Å². The number of carbonyl (C=O) groups is 4. The summed E-state index contributed by atoms with van der Waals surface area (Å²) in [6, 6.07) is 0. The average molecular weight is 306 g/mol. The third-order valence-electron chi connectivity index (χ3n) is 7.60. The first kappa shape index (κ1) is 13.9. The van der Waals surface area contributed by atoms with Gasteiger partial charge in [0.2, 0.25) is 0 Å². The lowest BCUT2D eigenvalue weighted by Crippen LogP contribution is -2.74. The van der Waals surface area contributed by atoms with E-state index in [4.69, 9.17) is 9.47 Å². The van der Waals surface area contributed by atoms with E-state index >= 15 is 0 Å². The molecule has 2 heterocycles. The van der Waals surface area contributed by atoms with Crippen LogP contribution in [0.15, 0.2) is 0 Å². The van der Waals surface area contributed by atoms with Gasteiger partial charge in [-0.3, -0.25) is 19.2 Å². The van der Waals surface area contributed by atoms with Gasteiger partial charge >= 0.3 is 23.9 Å². The molecule has 4 aliphatic rings. The molecule has 2 saturated heterocycles. The molecule has 0 aromatic heterocycles. The standard InChI is InChI=1S/C16H18O6/c1-5-7-8(12(18)21-11(7)17)6(2)16(4)10-9(15(5,16)3)13(19)22-14(10)20/h5-10H,1-4H3/t5-,6+,7+,8-,9-,10+,15-,16+. The molecule has 0 radical (unpaired) electrons. The lowest BCUT2D eigenvalue weighted by molar-refractivity contribution is -0.261. The van der Waals surface area contributed by atoms with Gasteiger partial charge in [0.15, 0.2) is 0 Å². The van der Waals surface area contributed by atoms with Crippen molar-refractivity contribution in [2.45, 2.75) is 27.7 Å². The van der Waals surface area contributed by atoms with Gasteiger partial charge in [0.1, 0.15) is 0 Å². The number of rotatable bonds is 0. The zero-order chi connectivity index (χ0) is 16.2. The molecule has 8 atom stereocenters. The number of hydrogen-bond donors (Lipinski definition) is 0. The molecule has 118 valence electrons. The first-order chi connectivity index (χ1) is 10.2. The Kier molecular flexibility index (Phi) is 2.28. The second-order valence-corrected chi connectivity index (χ2v) is 7.63. The second kappa shape index (κ2) is 3.60. The molecule has 0 amide bonds. The van der Waals surface area contributed by atoms with E-state index in [-0.39, 0.29) is 11.8 Å². The van der Waals surface area contributed by atoms with Crippen LogP contribution in [0.4, 0.5) is 0 Å². The molecule has 0 N–H and O–H groups in total. The Morgan fingerprint density at radius 3 is 1.36 bits per heavy atom.